The first-order chi connectivity index (χ1) is 17.0. The summed E-state index contributed by atoms with van der Waals surface area (Å²) in [6, 6.07) is 14.9. The molecule has 0 radical (unpaired) electrons. The summed E-state index contributed by atoms with van der Waals surface area (Å²) in [5.74, 6) is -0.351. The Morgan fingerprint density at radius 2 is 1.74 bits per heavy atom. The van der Waals surface area contributed by atoms with Crippen molar-refractivity contribution in [1.29, 1.82) is 0 Å². The van der Waals surface area contributed by atoms with Gasteiger partial charge in [-0.15, -0.1) is 0 Å². The summed E-state index contributed by atoms with van der Waals surface area (Å²) in [4.78, 5) is 43.1. The molecule has 3 amide bonds. The van der Waals surface area contributed by atoms with Crippen LogP contribution in [0.3, 0.4) is 0 Å². The lowest BCUT2D eigenvalue weighted by Crippen LogP contribution is -2.52. The number of rotatable bonds is 2. The maximum atomic E-state index is 13.6. The quantitative estimate of drug-likeness (QED) is 0.606. The largest absolute Gasteiger partial charge is 0.342 e. The van der Waals surface area contributed by atoms with Crippen LogP contribution < -0.4 is 5.32 Å². The van der Waals surface area contributed by atoms with E-state index in [1.165, 1.54) is 0 Å². The van der Waals surface area contributed by atoms with E-state index in [2.05, 4.69) is 11.4 Å². The number of nitrogens with one attached hydrogen (secondary N) is 1. The van der Waals surface area contributed by atoms with Crippen LogP contribution in [0.15, 0.2) is 60.8 Å². The van der Waals surface area contributed by atoms with Gasteiger partial charge in [0.05, 0.1) is 17.5 Å². The number of amides is 3. The minimum atomic E-state index is -0.396. The standard InChI is InChI=1S/C28H28N4O3/c1-18(33)31-16-19-15-25-23(22-10-7-11-24(31)26(19)22)14-20(27(34)30-12-5-6-13-30)17-32(25)28(35)29-21-8-3-2-4-9-21/h2-4,7-11,14,16,20,25H,5-6,12-13,15,17H2,1H3,(H,29,35)/t20-,25-/m1/s1. The molecular weight excluding hydrogens is 440 g/mol. The monoisotopic (exact) mass is 468 g/mol. The summed E-state index contributed by atoms with van der Waals surface area (Å²) in [6.45, 7) is 3.45. The van der Waals surface area contributed by atoms with Crippen LogP contribution in [0.1, 0.15) is 35.7 Å². The van der Waals surface area contributed by atoms with Crippen molar-refractivity contribution in [1.82, 2.24) is 14.4 Å². The number of likely N-dealkylation sites (tertiary alicyclic amines) is 1. The first kappa shape index (κ1) is 21.6. The van der Waals surface area contributed by atoms with Crippen molar-refractivity contribution in [2.45, 2.75) is 32.2 Å². The number of carbonyl (C=O) groups is 3. The van der Waals surface area contributed by atoms with Crippen LogP contribution in [0.25, 0.3) is 16.5 Å². The lowest BCUT2D eigenvalue weighted by Gasteiger charge is -2.42. The zero-order chi connectivity index (χ0) is 24.1. The number of fused-ring (bicyclic) bond motifs is 2. The Morgan fingerprint density at radius 3 is 2.49 bits per heavy atom. The minimum absolute atomic E-state index is 0.0435. The van der Waals surface area contributed by atoms with Gasteiger partial charge in [0, 0.05) is 43.8 Å². The molecule has 3 aromatic rings. The van der Waals surface area contributed by atoms with Gasteiger partial charge in [-0.1, -0.05) is 36.4 Å². The van der Waals surface area contributed by atoms with E-state index in [0.717, 1.165) is 59.2 Å². The van der Waals surface area contributed by atoms with Crippen LogP contribution in [-0.4, -0.2) is 57.9 Å². The number of para-hydroxylation sites is 1. The second-order valence-electron chi connectivity index (χ2n) is 9.67. The molecule has 0 spiro atoms. The molecule has 1 aliphatic carbocycles. The number of anilines is 1. The number of hydrogen-bond donors (Lipinski definition) is 1. The maximum Gasteiger partial charge on any atom is 0.322 e. The number of benzene rings is 2. The van der Waals surface area contributed by atoms with Crippen molar-refractivity contribution in [2.24, 2.45) is 5.92 Å². The Morgan fingerprint density at radius 1 is 0.971 bits per heavy atom. The second-order valence-corrected chi connectivity index (χ2v) is 9.67. The van der Waals surface area contributed by atoms with E-state index < -0.39 is 5.92 Å². The van der Waals surface area contributed by atoms with Gasteiger partial charge < -0.3 is 15.1 Å². The number of nitrogens with zero attached hydrogens (tertiary/aromatic N) is 3. The van der Waals surface area contributed by atoms with Gasteiger partial charge in [-0.3, -0.25) is 14.2 Å². The van der Waals surface area contributed by atoms with Crippen LogP contribution in [0, 0.1) is 5.92 Å². The highest BCUT2D eigenvalue weighted by atomic mass is 16.2. The van der Waals surface area contributed by atoms with Gasteiger partial charge in [0.2, 0.25) is 11.8 Å². The molecule has 0 unspecified atom stereocenters. The predicted molar refractivity (Wildman–Crippen MR) is 135 cm³/mol. The summed E-state index contributed by atoms with van der Waals surface area (Å²) in [7, 11) is 0. The number of carbonyl (C=O) groups excluding carboxylic acids is 3. The zero-order valence-electron chi connectivity index (χ0n) is 19.7. The zero-order valence-corrected chi connectivity index (χ0v) is 19.7. The van der Waals surface area contributed by atoms with E-state index in [0.29, 0.717) is 13.0 Å². The van der Waals surface area contributed by atoms with E-state index in [9.17, 15) is 14.4 Å². The van der Waals surface area contributed by atoms with Crippen molar-refractivity contribution in [3.05, 3.63) is 71.9 Å². The van der Waals surface area contributed by atoms with Gasteiger partial charge in [0.15, 0.2) is 0 Å². The molecule has 35 heavy (non-hydrogen) atoms. The molecule has 1 fully saturated rings. The number of aromatic nitrogens is 1. The molecule has 3 heterocycles. The van der Waals surface area contributed by atoms with E-state index in [1.54, 1.807) is 11.5 Å². The third-order valence-electron chi connectivity index (χ3n) is 7.50. The Balaban J connectivity index is 1.44. The van der Waals surface area contributed by atoms with Gasteiger partial charge in [-0.05, 0) is 54.2 Å². The Hall–Kier alpha value is -3.87. The molecule has 0 saturated carbocycles. The fraction of sp³-hybridized carbons (Fsp3) is 0.321. The SMILES string of the molecule is CC(=O)n1cc2c3c(cccc31)C1=C[C@@H](C(=O)N3CCCC3)CN(C(=O)Nc3ccccc3)[C@@H]1C2. The van der Waals surface area contributed by atoms with E-state index in [-0.39, 0.29) is 23.9 Å². The van der Waals surface area contributed by atoms with Gasteiger partial charge in [0.25, 0.3) is 0 Å². The number of hydrogen-bond acceptors (Lipinski definition) is 3. The lowest BCUT2D eigenvalue weighted by molar-refractivity contribution is -0.133. The molecule has 2 aliphatic heterocycles. The molecule has 7 nitrogen and oxygen atoms in total. The molecular formula is C28H28N4O3. The Bertz CT molecular complexity index is 1370. The fourth-order valence-corrected chi connectivity index (χ4v) is 5.87. The lowest BCUT2D eigenvalue weighted by atomic mass is 9.79. The van der Waals surface area contributed by atoms with Gasteiger partial charge in [-0.2, -0.15) is 0 Å². The van der Waals surface area contributed by atoms with Crippen LogP contribution in [-0.2, 0) is 11.2 Å². The van der Waals surface area contributed by atoms with Crippen LogP contribution in [0.2, 0.25) is 0 Å². The fourth-order valence-electron chi connectivity index (χ4n) is 5.87. The number of urea groups is 1. The Kier molecular flexibility index (Phi) is 5.20. The van der Waals surface area contributed by atoms with Crippen molar-refractivity contribution in [3.63, 3.8) is 0 Å². The van der Waals surface area contributed by atoms with E-state index >= 15 is 0 Å². The van der Waals surface area contributed by atoms with Gasteiger partial charge in [0.1, 0.15) is 0 Å². The van der Waals surface area contributed by atoms with Crippen molar-refractivity contribution in [2.75, 3.05) is 25.0 Å². The third-order valence-corrected chi connectivity index (χ3v) is 7.50. The highest BCUT2D eigenvalue weighted by molar-refractivity contribution is 6.04. The third kappa shape index (κ3) is 3.62. The smallest absolute Gasteiger partial charge is 0.322 e. The summed E-state index contributed by atoms with van der Waals surface area (Å²) < 4.78 is 1.69. The first-order valence-corrected chi connectivity index (χ1v) is 12.3. The topological polar surface area (TPSA) is 74.7 Å². The predicted octanol–water partition coefficient (Wildman–Crippen LogP) is 4.40. The first-order valence-electron chi connectivity index (χ1n) is 12.3. The van der Waals surface area contributed by atoms with Crippen molar-refractivity contribution < 1.29 is 14.4 Å². The summed E-state index contributed by atoms with van der Waals surface area (Å²) >= 11 is 0. The van der Waals surface area contributed by atoms with E-state index in [4.69, 9.17) is 0 Å². The van der Waals surface area contributed by atoms with Crippen LogP contribution >= 0.6 is 0 Å². The minimum Gasteiger partial charge on any atom is -0.342 e. The maximum absolute atomic E-state index is 13.6. The van der Waals surface area contributed by atoms with Crippen LogP contribution in [0.4, 0.5) is 10.5 Å². The molecule has 1 saturated heterocycles. The molecule has 1 aromatic heterocycles. The average Bonchev–Trinajstić information content (AvgIpc) is 3.53. The normalized spacial score (nSPS) is 21.0. The van der Waals surface area contributed by atoms with E-state index in [1.807, 2.05) is 64.5 Å². The van der Waals surface area contributed by atoms with Gasteiger partial charge >= 0.3 is 6.03 Å². The highest BCUT2D eigenvalue weighted by Crippen LogP contribution is 2.42. The summed E-state index contributed by atoms with van der Waals surface area (Å²) in [5.41, 5.74) is 4.64. The summed E-state index contributed by atoms with van der Waals surface area (Å²) in [5, 5.41) is 4.07. The Labute approximate surface area is 204 Å². The molecule has 1 N–H and O–H groups in total. The molecule has 0 bridgehead atoms. The van der Waals surface area contributed by atoms with Crippen LogP contribution in [0.5, 0.6) is 0 Å². The summed E-state index contributed by atoms with van der Waals surface area (Å²) in [6.07, 6.45) is 6.64. The molecule has 7 heteroatoms. The van der Waals surface area contributed by atoms with Crippen molar-refractivity contribution in [3.8, 4) is 0 Å². The molecule has 2 aromatic carbocycles. The highest BCUT2D eigenvalue weighted by Gasteiger charge is 2.41. The molecule has 178 valence electrons. The second kappa shape index (κ2) is 8.41. The van der Waals surface area contributed by atoms with Crippen molar-refractivity contribution >= 4 is 40.0 Å². The molecule has 2 atom stereocenters. The van der Waals surface area contributed by atoms with Gasteiger partial charge in [-0.25, -0.2) is 4.79 Å². The average molecular weight is 469 g/mol. The molecule has 3 aliphatic rings. The molecule has 6 rings (SSSR count).